The van der Waals surface area contributed by atoms with Crippen molar-refractivity contribution in [2.75, 3.05) is 13.6 Å². The fourth-order valence-corrected chi connectivity index (χ4v) is 1.52. The smallest absolute Gasteiger partial charge is 0.435 e. The van der Waals surface area contributed by atoms with Crippen molar-refractivity contribution >= 4 is 11.9 Å². The summed E-state index contributed by atoms with van der Waals surface area (Å²) in [6.45, 7) is 1.60. The van der Waals surface area contributed by atoms with Crippen LogP contribution < -0.4 is 0 Å². The van der Waals surface area contributed by atoms with E-state index in [2.05, 4.69) is 5.10 Å². The third-order valence-corrected chi connectivity index (χ3v) is 2.59. The van der Waals surface area contributed by atoms with Gasteiger partial charge in [0, 0.05) is 26.3 Å². The number of carbonyl (C=O) groups excluding carboxylic acids is 1. The van der Waals surface area contributed by atoms with Gasteiger partial charge in [-0.3, -0.25) is 14.3 Å². The van der Waals surface area contributed by atoms with E-state index < -0.39 is 29.3 Å². The summed E-state index contributed by atoms with van der Waals surface area (Å²) in [5.74, 6) is -2.04. The number of carboxylic acids is 1. The van der Waals surface area contributed by atoms with Crippen molar-refractivity contribution in [3.05, 3.63) is 17.5 Å². The summed E-state index contributed by atoms with van der Waals surface area (Å²) in [6, 6.07) is 0. The molecule has 0 aliphatic rings. The number of hydrogen-bond donors (Lipinski definition) is 1. The highest BCUT2D eigenvalue weighted by Gasteiger charge is 2.39. The van der Waals surface area contributed by atoms with Gasteiger partial charge in [-0.05, 0) is 6.92 Å². The Labute approximate surface area is 112 Å². The van der Waals surface area contributed by atoms with Crippen molar-refractivity contribution in [1.82, 2.24) is 14.7 Å². The molecule has 0 spiro atoms. The van der Waals surface area contributed by atoms with Crippen molar-refractivity contribution in [2.45, 2.75) is 26.1 Å². The molecule has 1 aromatic rings. The lowest BCUT2D eigenvalue weighted by Crippen LogP contribution is -2.30. The average molecular weight is 293 g/mol. The first-order valence-electron chi connectivity index (χ1n) is 5.78. The minimum Gasteiger partial charge on any atom is -0.481 e. The van der Waals surface area contributed by atoms with Gasteiger partial charge < -0.3 is 10.0 Å². The van der Waals surface area contributed by atoms with Gasteiger partial charge >= 0.3 is 12.1 Å². The van der Waals surface area contributed by atoms with E-state index in [0.717, 1.165) is 15.8 Å². The van der Waals surface area contributed by atoms with Crippen LogP contribution in [-0.4, -0.2) is 45.3 Å². The fourth-order valence-electron chi connectivity index (χ4n) is 1.52. The van der Waals surface area contributed by atoms with Crippen LogP contribution in [0.3, 0.4) is 0 Å². The molecular formula is C11H14F3N3O3. The average Bonchev–Trinajstić information content (AvgIpc) is 2.78. The first-order chi connectivity index (χ1) is 9.16. The summed E-state index contributed by atoms with van der Waals surface area (Å²) in [4.78, 5) is 23.3. The highest BCUT2D eigenvalue weighted by Crippen LogP contribution is 2.31. The van der Waals surface area contributed by atoms with Gasteiger partial charge in [0.25, 0.3) is 5.91 Å². The Balaban J connectivity index is 3.02. The molecule has 0 aliphatic heterocycles. The lowest BCUT2D eigenvalue weighted by molar-refractivity contribution is -0.142. The molecule has 112 valence electrons. The monoisotopic (exact) mass is 293 g/mol. The van der Waals surface area contributed by atoms with Gasteiger partial charge in [-0.1, -0.05) is 0 Å². The Morgan fingerprint density at radius 1 is 1.45 bits per heavy atom. The van der Waals surface area contributed by atoms with E-state index in [9.17, 15) is 22.8 Å². The second kappa shape index (κ2) is 5.93. The van der Waals surface area contributed by atoms with Crippen LogP contribution >= 0.6 is 0 Å². The maximum absolute atomic E-state index is 12.8. The minimum absolute atomic E-state index is 0.178. The molecule has 0 fully saturated rings. The highest BCUT2D eigenvalue weighted by molar-refractivity contribution is 5.95. The molecule has 0 radical (unpaired) electrons. The fraction of sp³-hybridized carbons (Fsp3) is 0.545. The normalized spacial score (nSPS) is 11.4. The van der Waals surface area contributed by atoms with Crippen molar-refractivity contribution in [1.29, 1.82) is 0 Å². The molecule has 1 heterocycles. The molecule has 0 atom stereocenters. The van der Waals surface area contributed by atoms with Crippen LogP contribution in [-0.2, 0) is 17.5 Å². The van der Waals surface area contributed by atoms with E-state index in [1.54, 1.807) is 6.92 Å². The second-order valence-electron chi connectivity index (χ2n) is 4.12. The van der Waals surface area contributed by atoms with Gasteiger partial charge in [-0.15, -0.1) is 0 Å². The lowest BCUT2D eigenvalue weighted by atomic mass is 10.2. The summed E-state index contributed by atoms with van der Waals surface area (Å²) in [6.07, 6.45) is -4.06. The van der Waals surface area contributed by atoms with Crippen LogP contribution in [0.2, 0.25) is 0 Å². The Hall–Kier alpha value is -2.06. The molecule has 9 heteroatoms. The molecule has 20 heavy (non-hydrogen) atoms. The van der Waals surface area contributed by atoms with E-state index in [0.29, 0.717) is 0 Å². The number of aryl methyl sites for hydroxylation is 1. The Bertz CT molecular complexity index is 511. The number of carboxylic acid groups (broad SMARTS) is 1. The van der Waals surface area contributed by atoms with Gasteiger partial charge in [-0.2, -0.15) is 18.3 Å². The minimum atomic E-state index is -4.74. The van der Waals surface area contributed by atoms with E-state index in [1.807, 2.05) is 0 Å². The van der Waals surface area contributed by atoms with Gasteiger partial charge in [-0.25, -0.2) is 0 Å². The van der Waals surface area contributed by atoms with Gasteiger partial charge in [0.05, 0.1) is 12.0 Å². The molecule has 0 unspecified atom stereocenters. The molecule has 6 nitrogen and oxygen atoms in total. The quantitative estimate of drug-likeness (QED) is 0.892. The van der Waals surface area contributed by atoms with Gasteiger partial charge in [0.1, 0.15) is 0 Å². The van der Waals surface area contributed by atoms with Gasteiger partial charge in [0.15, 0.2) is 5.69 Å². The molecule has 1 amide bonds. The topological polar surface area (TPSA) is 75.4 Å². The summed E-state index contributed by atoms with van der Waals surface area (Å²) >= 11 is 0. The second-order valence-corrected chi connectivity index (χ2v) is 4.12. The number of nitrogens with zero attached hydrogens (tertiary/aromatic N) is 3. The van der Waals surface area contributed by atoms with Crippen LogP contribution in [0.4, 0.5) is 13.2 Å². The van der Waals surface area contributed by atoms with Crippen LogP contribution in [0.5, 0.6) is 0 Å². The number of aromatic nitrogens is 2. The standard InChI is InChI=1S/C11H14F3N3O3/c1-3-17-6-7(9(15-17)11(12,13)14)10(20)16(2)5-4-8(18)19/h6H,3-5H2,1-2H3,(H,18,19). The first-order valence-corrected chi connectivity index (χ1v) is 5.78. The number of rotatable bonds is 5. The third kappa shape index (κ3) is 3.72. The molecule has 0 aromatic carbocycles. The number of amides is 1. The number of carbonyl (C=O) groups is 2. The Morgan fingerprint density at radius 3 is 2.50 bits per heavy atom. The zero-order chi connectivity index (χ0) is 15.5. The zero-order valence-electron chi connectivity index (χ0n) is 10.9. The molecule has 1 rings (SSSR count). The van der Waals surface area contributed by atoms with Crippen LogP contribution in [0.15, 0.2) is 6.20 Å². The molecule has 0 bridgehead atoms. The summed E-state index contributed by atoms with van der Waals surface area (Å²) in [5.41, 5.74) is -1.83. The zero-order valence-corrected chi connectivity index (χ0v) is 10.9. The van der Waals surface area contributed by atoms with E-state index in [-0.39, 0.29) is 19.5 Å². The van der Waals surface area contributed by atoms with Crippen molar-refractivity contribution in [3.8, 4) is 0 Å². The van der Waals surface area contributed by atoms with Crippen LogP contribution in [0, 0.1) is 0 Å². The van der Waals surface area contributed by atoms with E-state index in [1.165, 1.54) is 7.05 Å². The lowest BCUT2D eigenvalue weighted by Gasteiger charge is -2.16. The molecule has 1 aromatic heterocycles. The molecule has 0 saturated heterocycles. The van der Waals surface area contributed by atoms with E-state index in [4.69, 9.17) is 5.11 Å². The van der Waals surface area contributed by atoms with E-state index >= 15 is 0 Å². The Morgan fingerprint density at radius 2 is 2.05 bits per heavy atom. The summed E-state index contributed by atoms with van der Waals surface area (Å²) in [5, 5.41) is 11.8. The summed E-state index contributed by atoms with van der Waals surface area (Å²) in [7, 11) is 1.24. The maximum Gasteiger partial charge on any atom is 0.435 e. The van der Waals surface area contributed by atoms with Crippen molar-refractivity contribution in [2.24, 2.45) is 0 Å². The first kappa shape index (κ1) is 16.0. The largest absolute Gasteiger partial charge is 0.481 e. The van der Waals surface area contributed by atoms with Crippen molar-refractivity contribution < 1.29 is 27.9 Å². The number of hydrogen-bond acceptors (Lipinski definition) is 3. The van der Waals surface area contributed by atoms with Crippen LogP contribution in [0.25, 0.3) is 0 Å². The number of alkyl halides is 3. The maximum atomic E-state index is 12.8. The predicted octanol–water partition coefficient (Wildman–Crippen LogP) is 1.47. The molecule has 0 aliphatic carbocycles. The Kier molecular flexibility index (Phi) is 4.74. The van der Waals surface area contributed by atoms with Crippen molar-refractivity contribution in [3.63, 3.8) is 0 Å². The van der Waals surface area contributed by atoms with Gasteiger partial charge in [0.2, 0.25) is 0 Å². The number of halogens is 3. The highest BCUT2D eigenvalue weighted by atomic mass is 19.4. The SMILES string of the molecule is CCn1cc(C(=O)N(C)CCC(=O)O)c(C(F)(F)F)n1. The molecule has 1 N–H and O–H groups in total. The van der Waals surface area contributed by atoms with Crippen LogP contribution in [0.1, 0.15) is 29.4 Å². The summed E-state index contributed by atoms with van der Waals surface area (Å²) < 4.78 is 39.4. The third-order valence-electron chi connectivity index (χ3n) is 2.59. The number of aliphatic carboxylic acids is 1. The molecule has 0 saturated carbocycles. The molecular weight excluding hydrogens is 279 g/mol. The predicted molar refractivity (Wildman–Crippen MR) is 62.1 cm³/mol.